The summed E-state index contributed by atoms with van der Waals surface area (Å²) in [6.07, 6.45) is 0.616. The number of sulfonamides is 1. The number of hydrogen-bond donors (Lipinski definition) is 2. The van der Waals surface area contributed by atoms with Crippen molar-refractivity contribution in [3.8, 4) is 0 Å². The third-order valence-corrected chi connectivity index (χ3v) is 5.47. The van der Waals surface area contributed by atoms with Crippen molar-refractivity contribution in [3.05, 3.63) is 28.2 Å². The predicted molar refractivity (Wildman–Crippen MR) is 83.7 cm³/mol. The number of benzene rings is 1. The zero-order valence-electron chi connectivity index (χ0n) is 11.8. The van der Waals surface area contributed by atoms with E-state index in [2.05, 4.69) is 4.72 Å². The summed E-state index contributed by atoms with van der Waals surface area (Å²) < 4.78 is 27.6. The van der Waals surface area contributed by atoms with Gasteiger partial charge in [-0.25, -0.2) is 13.1 Å². The molecule has 4 nitrogen and oxygen atoms in total. The average Bonchev–Trinajstić information content (AvgIpc) is 2.26. The molecule has 0 radical (unpaired) electrons. The fourth-order valence-electron chi connectivity index (χ4n) is 2.18. The van der Waals surface area contributed by atoms with E-state index in [0.717, 1.165) is 0 Å². The highest BCUT2D eigenvalue weighted by atomic mass is 35.5. The summed E-state index contributed by atoms with van der Waals surface area (Å²) in [7, 11) is -3.83. The molecule has 0 aliphatic carbocycles. The zero-order chi connectivity index (χ0) is 15.6. The van der Waals surface area contributed by atoms with Crippen LogP contribution in [0.4, 0.5) is 0 Å². The molecule has 0 heterocycles. The number of halogens is 2. The summed E-state index contributed by atoms with van der Waals surface area (Å²) in [5, 5.41) is 0.183. The van der Waals surface area contributed by atoms with Crippen LogP contribution in [0.15, 0.2) is 23.1 Å². The fourth-order valence-corrected chi connectivity index (χ4v) is 4.76. The Kier molecular flexibility index (Phi) is 5.87. The lowest BCUT2D eigenvalue weighted by atomic mass is 9.92. The van der Waals surface area contributed by atoms with Crippen LogP contribution in [0, 0.1) is 5.92 Å². The first-order valence-corrected chi connectivity index (χ1v) is 8.53. The molecule has 20 heavy (non-hydrogen) atoms. The zero-order valence-corrected chi connectivity index (χ0v) is 14.1. The molecule has 0 bridgehead atoms. The Morgan fingerprint density at radius 2 is 1.80 bits per heavy atom. The maximum atomic E-state index is 12.5. The molecule has 114 valence electrons. The number of nitrogens with one attached hydrogen (secondary N) is 1. The van der Waals surface area contributed by atoms with Crippen LogP contribution < -0.4 is 10.5 Å². The number of nitrogens with two attached hydrogens (primary N) is 1. The number of rotatable bonds is 6. The molecule has 7 heteroatoms. The lowest BCUT2D eigenvalue weighted by molar-refractivity contribution is 0.344. The van der Waals surface area contributed by atoms with Crippen molar-refractivity contribution in [3.63, 3.8) is 0 Å². The molecular formula is C13H20Cl2N2O2S. The van der Waals surface area contributed by atoms with E-state index in [9.17, 15) is 8.42 Å². The summed E-state index contributed by atoms with van der Waals surface area (Å²) in [6, 6.07) is 4.58. The first-order valence-electron chi connectivity index (χ1n) is 6.29. The summed E-state index contributed by atoms with van der Waals surface area (Å²) in [6.45, 7) is 5.97. The van der Waals surface area contributed by atoms with Gasteiger partial charge in [0.25, 0.3) is 0 Å². The second kappa shape index (κ2) is 6.62. The number of hydrogen-bond acceptors (Lipinski definition) is 3. The maximum Gasteiger partial charge on any atom is 0.244 e. The smallest absolute Gasteiger partial charge is 0.244 e. The maximum absolute atomic E-state index is 12.5. The molecule has 0 aliphatic rings. The Hall–Kier alpha value is -0.330. The van der Waals surface area contributed by atoms with Gasteiger partial charge in [-0.1, -0.05) is 43.1 Å². The van der Waals surface area contributed by atoms with Crippen LogP contribution in [-0.4, -0.2) is 20.5 Å². The van der Waals surface area contributed by atoms with Crippen molar-refractivity contribution in [1.82, 2.24) is 4.72 Å². The second-order valence-electron chi connectivity index (χ2n) is 5.52. The Labute approximate surface area is 130 Å². The molecule has 0 spiro atoms. The summed E-state index contributed by atoms with van der Waals surface area (Å²) >= 11 is 11.9. The van der Waals surface area contributed by atoms with Crippen molar-refractivity contribution >= 4 is 33.2 Å². The first-order chi connectivity index (χ1) is 9.11. The van der Waals surface area contributed by atoms with Gasteiger partial charge in [0.15, 0.2) is 0 Å². The Bertz CT molecular complexity index is 555. The third-order valence-electron chi connectivity index (χ3n) is 2.88. The van der Waals surface area contributed by atoms with Gasteiger partial charge in [-0.3, -0.25) is 0 Å². The summed E-state index contributed by atoms with van der Waals surface area (Å²) in [5.41, 5.74) is 4.98. The van der Waals surface area contributed by atoms with Gasteiger partial charge in [0.1, 0.15) is 4.90 Å². The van der Waals surface area contributed by atoms with Crippen molar-refractivity contribution in [1.29, 1.82) is 0 Å². The molecule has 1 aromatic carbocycles. The van der Waals surface area contributed by atoms with E-state index < -0.39 is 15.6 Å². The molecule has 1 atom stereocenters. The lowest BCUT2D eigenvalue weighted by Crippen LogP contribution is -2.52. The van der Waals surface area contributed by atoms with E-state index in [1.54, 1.807) is 13.0 Å². The third kappa shape index (κ3) is 4.33. The molecule has 0 fully saturated rings. The van der Waals surface area contributed by atoms with Gasteiger partial charge in [-0.15, -0.1) is 0 Å². The minimum atomic E-state index is -3.83. The van der Waals surface area contributed by atoms with Crippen LogP contribution in [0.25, 0.3) is 0 Å². The van der Waals surface area contributed by atoms with Crippen LogP contribution in [0.5, 0.6) is 0 Å². The SMILES string of the molecule is CC(C)CC(C)(CN)NS(=O)(=O)c1c(Cl)cccc1Cl. The Morgan fingerprint density at radius 1 is 1.30 bits per heavy atom. The van der Waals surface area contributed by atoms with E-state index in [4.69, 9.17) is 28.9 Å². The predicted octanol–water partition coefficient (Wildman–Crippen LogP) is 3.04. The van der Waals surface area contributed by atoms with E-state index >= 15 is 0 Å². The van der Waals surface area contributed by atoms with Crippen LogP contribution in [0.3, 0.4) is 0 Å². The molecule has 0 amide bonds. The molecule has 1 unspecified atom stereocenters. The molecule has 1 aromatic rings. The second-order valence-corrected chi connectivity index (χ2v) is 7.95. The molecule has 0 saturated heterocycles. The van der Waals surface area contributed by atoms with Crippen LogP contribution >= 0.6 is 23.2 Å². The van der Waals surface area contributed by atoms with Crippen LogP contribution in [0.1, 0.15) is 27.2 Å². The Balaban J connectivity index is 3.18. The normalized spacial score (nSPS) is 15.3. The highest BCUT2D eigenvalue weighted by Gasteiger charge is 2.32. The molecule has 1 rings (SSSR count). The minimum Gasteiger partial charge on any atom is -0.329 e. The highest BCUT2D eigenvalue weighted by molar-refractivity contribution is 7.89. The highest BCUT2D eigenvalue weighted by Crippen LogP contribution is 2.30. The van der Waals surface area contributed by atoms with Gasteiger partial charge in [0.05, 0.1) is 10.0 Å². The largest absolute Gasteiger partial charge is 0.329 e. The van der Waals surface area contributed by atoms with Gasteiger partial charge in [0.2, 0.25) is 10.0 Å². The van der Waals surface area contributed by atoms with Crippen LogP contribution in [0.2, 0.25) is 10.0 Å². The van der Waals surface area contributed by atoms with Gasteiger partial charge in [-0.05, 0) is 31.4 Å². The quantitative estimate of drug-likeness (QED) is 0.837. The van der Waals surface area contributed by atoms with Crippen molar-refractivity contribution in [2.45, 2.75) is 37.6 Å². The van der Waals surface area contributed by atoms with E-state index in [-0.39, 0.29) is 21.5 Å². The molecule has 0 aliphatic heterocycles. The van der Waals surface area contributed by atoms with Crippen molar-refractivity contribution in [2.75, 3.05) is 6.54 Å². The van der Waals surface area contributed by atoms with Gasteiger partial charge in [0, 0.05) is 12.1 Å². The molecule has 3 N–H and O–H groups in total. The molecule has 0 aromatic heterocycles. The summed E-state index contributed by atoms with van der Waals surface area (Å²) in [4.78, 5) is -0.105. The fraction of sp³-hybridized carbons (Fsp3) is 0.538. The topological polar surface area (TPSA) is 72.2 Å². The van der Waals surface area contributed by atoms with E-state index in [1.165, 1.54) is 12.1 Å². The minimum absolute atomic E-state index is 0.0916. The summed E-state index contributed by atoms with van der Waals surface area (Å²) in [5.74, 6) is 0.299. The van der Waals surface area contributed by atoms with Gasteiger partial charge < -0.3 is 5.73 Å². The molecule has 0 saturated carbocycles. The van der Waals surface area contributed by atoms with E-state index in [0.29, 0.717) is 12.3 Å². The lowest BCUT2D eigenvalue weighted by Gasteiger charge is -2.31. The first kappa shape index (κ1) is 17.7. The monoisotopic (exact) mass is 338 g/mol. The van der Waals surface area contributed by atoms with Crippen molar-refractivity contribution < 1.29 is 8.42 Å². The van der Waals surface area contributed by atoms with Gasteiger partial charge >= 0.3 is 0 Å². The van der Waals surface area contributed by atoms with Gasteiger partial charge in [-0.2, -0.15) is 0 Å². The van der Waals surface area contributed by atoms with Crippen molar-refractivity contribution in [2.24, 2.45) is 11.7 Å². The molecular weight excluding hydrogens is 319 g/mol. The van der Waals surface area contributed by atoms with E-state index in [1.807, 2.05) is 13.8 Å². The Morgan fingerprint density at radius 3 is 2.20 bits per heavy atom. The standard InChI is InChI=1S/C13H20Cl2N2O2S/c1-9(2)7-13(3,8-16)17-20(18,19)12-10(14)5-4-6-11(12)15/h4-6,9,17H,7-8,16H2,1-3H3. The van der Waals surface area contributed by atoms with Crippen LogP contribution in [-0.2, 0) is 10.0 Å². The average molecular weight is 339 g/mol.